The van der Waals surface area contributed by atoms with Crippen LogP contribution in [0, 0.1) is 13.8 Å². The minimum absolute atomic E-state index is 0.122. The average molecular weight is 381 g/mol. The Morgan fingerprint density at radius 1 is 1.22 bits per heavy atom. The fourth-order valence-electron chi connectivity index (χ4n) is 2.67. The van der Waals surface area contributed by atoms with Crippen LogP contribution < -0.4 is 10.1 Å². The lowest BCUT2D eigenvalue weighted by Crippen LogP contribution is -2.19. The van der Waals surface area contributed by atoms with E-state index in [4.69, 9.17) is 4.74 Å². The highest BCUT2D eigenvalue weighted by atomic mass is 32.2. The topological polar surface area (TPSA) is 50.7 Å². The number of benzene rings is 2. The lowest BCUT2D eigenvalue weighted by atomic mass is 10.1. The zero-order valence-electron chi connectivity index (χ0n) is 16.1. The molecule has 1 saturated heterocycles. The van der Waals surface area contributed by atoms with Gasteiger partial charge in [0.25, 0.3) is 5.91 Å². The molecule has 3 rings (SSSR count). The predicted molar refractivity (Wildman–Crippen MR) is 114 cm³/mol. The Labute approximate surface area is 164 Å². The zero-order chi connectivity index (χ0) is 19.4. The molecule has 1 aliphatic heterocycles. The Morgan fingerprint density at radius 2 is 2.00 bits per heavy atom. The first-order chi connectivity index (χ1) is 13.0. The zero-order valence-corrected chi connectivity index (χ0v) is 16.9. The summed E-state index contributed by atoms with van der Waals surface area (Å²) in [4.78, 5) is 17.6. The Morgan fingerprint density at radius 3 is 2.74 bits per heavy atom. The fourth-order valence-corrected chi connectivity index (χ4v) is 3.49. The van der Waals surface area contributed by atoms with Gasteiger partial charge in [0.05, 0.1) is 16.7 Å². The Hall–Kier alpha value is -2.53. The van der Waals surface area contributed by atoms with Gasteiger partial charge in [0.15, 0.2) is 5.17 Å². The molecule has 0 radical (unpaired) electrons. The Bertz CT molecular complexity index is 918. The fraction of sp³-hybridized carbons (Fsp3) is 0.273. The molecule has 1 atom stereocenters. The molecule has 27 heavy (non-hydrogen) atoms. The number of para-hydroxylation sites is 1. The van der Waals surface area contributed by atoms with E-state index >= 15 is 0 Å². The van der Waals surface area contributed by atoms with Crippen molar-refractivity contribution in [2.24, 2.45) is 4.99 Å². The number of hydrogen-bond acceptors (Lipinski definition) is 4. The number of amides is 1. The average Bonchev–Trinajstić information content (AvgIpc) is 2.98. The van der Waals surface area contributed by atoms with Gasteiger partial charge in [-0.25, -0.2) is 4.99 Å². The van der Waals surface area contributed by atoms with Crippen molar-refractivity contribution < 1.29 is 9.53 Å². The van der Waals surface area contributed by atoms with Crippen LogP contribution in [-0.2, 0) is 4.79 Å². The number of ether oxygens (including phenoxy) is 1. The van der Waals surface area contributed by atoms with Crippen molar-refractivity contribution in [1.82, 2.24) is 5.32 Å². The van der Waals surface area contributed by atoms with E-state index in [1.165, 1.54) is 17.3 Å². The highest BCUT2D eigenvalue weighted by Crippen LogP contribution is 2.31. The van der Waals surface area contributed by atoms with Crippen LogP contribution >= 0.6 is 11.8 Å². The summed E-state index contributed by atoms with van der Waals surface area (Å²) in [7, 11) is 0. The molecule has 4 nitrogen and oxygen atoms in total. The molecule has 1 heterocycles. The first-order valence-electron chi connectivity index (χ1n) is 9.08. The van der Waals surface area contributed by atoms with E-state index in [1.54, 1.807) is 0 Å². The number of nitrogens with one attached hydrogen (secondary N) is 1. The summed E-state index contributed by atoms with van der Waals surface area (Å²) in [6, 6.07) is 13.8. The molecule has 0 bridgehead atoms. The van der Waals surface area contributed by atoms with E-state index in [0.29, 0.717) is 10.1 Å². The molecule has 0 spiro atoms. The van der Waals surface area contributed by atoms with Crippen LogP contribution in [-0.4, -0.2) is 17.2 Å². The van der Waals surface area contributed by atoms with E-state index in [0.717, 1.165) is 29.0 Å². The maximum Gasteiger partial charge on any atom is 0.264 e. The molecule has 0 aliphatic carbocycles. The van der Waals surface area contributed by atoms with E-state index in [1.807, 2.05) is 56.3 Å². The largest absolute Gasteiger partial charge is 0.490 e. The van der Waals surface area contributed by atoms with Crippen molar-refractivity contribution in [2.75, 3.05) is 0 Å². The van der Waals surface area contributed by atoms with Crippen LogP contribution in [0.15, 0.2) is 52.4 Å². The summed E-state index contributed by atoms with van der Waals surface area (Å²) in [5.41, 5.74) is 4.04. The normalized spacial score (nSPS) is 18.0. The number of aliphatic imine (C=N–C) groups is 1. The molecular weight excluding hydrogens is 356 g/mol. The second kappa shape index (κ2) is 8.44. The van der Waals surface area contributed by atoms with Crippen LogP contribution in [0.5, 0.6) is 5.75 Å². The van der Waals surface area contributed by atoms with E-state index in [9.17, 15) is 4.79 Å². The lowest BCUT2D eigenvalue weighted by Gasteiger charge is -2.14. The molecule has 2 aromatic rings. The first kappa shape index (κ1) is 19.2. The summed E-state index contributed by atoms with van der Waals surface area (Å²) < 4.78 is 5.97. The van der Waals surface area contributed by atoms with Crippen LogP contribution in [0.25, 0.3) is 6.08 Å². The minimum atomic E-state index is -0.137. The molecule has 1 amide bonds. The highest BCUT2D eigenvalue weighted by molar-refractivity contribution is 8.18. The number of hydrogen-bond donors (Lipinski definition) is 1. The lowest BCUT2D eigenvalue weighted by molar-refractivity contribution is -0.115. The van der Waals surface area contributed by atoms with Crippen LogP contribution in [0.1, 0.15) is 37.0 Å². The predicted octanol–water partition coefficient (Wildman–Crippen LogP) is 5.37. The van der Waals surface area contributed by atoms with E-state index in [-0.39, 0.29) is 12.0 Å². The van der Waals surface area contributed by atoms with Crippen molar-refractivity contribution >= 4 is 34.6 Å². The van der Waals surface area contributed by atoms with Crippen molar-refractivity contribution in [3.8, 4) is 5.75 Å². The maximum absolute atomic E-state index is 12.4. The Balaban J connectivity index is 1.85. The quantitative estimate of drug-likeness (QED) is 0.709. The number of thioether (sulfide) groups is 1. The number of carbonyl (C=O) groups excluding carboxylic acids is 1. The molecule has 0 unspecified atom stereocenters. The summed E-state index contributed by atoms with van der Waals surface area (Å²) in [5.74, 6) is 0.648. The van der Waals surface area contributed by atoms with Crippen molar-refractivity contribution in [3.05, 3.63) is 64.1 Å². The van der Waals surface area contributed by atoms with Gasteiger partial charge in [-0.1, -0.05) is 42.8 Å². The third-order valence-electron chi connectivity index (χ3n) is 4.33. The number of aryl methyl sites for hydroxylation is 2. The van der Waals surface area contributed by atoms with Crippen LogP contribution in [0.3, 0.4) is 0 Å². The summed E-state index contributed by atoms with van der Waals surface area (Å²) in [6.07, 6.45) is 2.91. The van der Waals surface area contributed by atoms with Gasteiger partial charge in [-0.05, 0) is 62.7 Å². The molecule has 1 N–H and O–H groups in total. The van der Waals surface area contributed by atoms with E-state index < -0.39 is 0 Å². The standard InChI is InChI=1S/C22H24N2O2S/c1-5-16(4)26-19-9-7-6-8-17(19)13-20-21(25)24-22(27-20)23-18-11-10-14(2)12-15(18)3/h6-13,16H,5H2,1-4H3,(H,23,24,25)/b20-13-/t16-/m0/s1. The maximum atomic E-state index is 12.4. The smallest absolute Gasteiger partial charge is 0.264 e. The summed E-state index contributed by atoms with van der Waals surface area (Å²) >= 11 is 1.35. The van der Waals surface area contributed by atoms with Crippen molar-refractivity contribution in [2.45, 2.75) is 40.2 Å². The molecule has 1 aliphatic rings. The summed E-state index contributed by atoms with van der Waals surface area (Å²) in [5, 5.41) is 3.45. The van der Waals surface area contributed by atoms with Gasteiger partial charge in [-0.3, -0.25) is 4.79 Å². The van der Waals surface area contributed by atoms with Crippen LogP contribution in [0.2, 0.25) is 0 Å². The third kappa shape index (κ3) is 4.80. The number of amidine groups is 1. The number of nitrogens with zero attached hydrogens (tertiary/aromatic N) is 1. The second-order valence-electron chi connectivity index (χ2n) is 6.65. The molecule has 2 aromatic carbocycles. The Kier molecular flexibility index (Phi) is 6.01. The third-order valence-corrected chi connectivity index (χ3v) is 5.24. The molecule has 5 heteroatoms. The van der Waals surface area contributed by atoms with Gasteiger partial charge < -0.3 is 10.1 Å². The molecule has 0 aromatic heterocycles. The molecule has 0 saturated carbocycles. The number of carbonyl (C=O) groups is 1. The van der Waals surface area contributed by atoms with Crippen molar-refractivity contribution in [1.29, 1.82) is 0 Å². The van der Waals surface area contributed by atoms with Gasteiger partial charge >= 0.3 is 0 Å². The van der Waals surface area contributed by atoms with Crippen molar-refractivity contribution in [3.63, 3.8) is 0 Å². The summed E-state index contributed by atoms with van der Waals surface area (Å²) in [6.45, 7) is 8.19. The van der Waals surface area contributed by atoms with Gasteiger partial charge in [0, 0.05) is 5.56 Å². The molecule has 140 valence electrons. The molecule has 1 fully saturated rings. The van der Waals surface area contributed by atoms with Gasteiger partial charge in [0.2, 0.25) is 0 Å². The SMILES string of the molecule is CC[C@H](C)Oc1ccccc1/C=C1\SC(=Nc2ccc(C)cc2C)NC1=O. The van der Waals surface area contributed by atoms with Gasteiger partial charge in [-0.2, -0.15) is 0 Å². The van der Waals surface area contributed by atoms with Gasteiger partial charge in [-0.15, -0.1) is 0 Å². The number of rotatable bonds is 5. The molecular formula is C22H24N2O2S. The van der Waals surface area contributed by atoms with E-state index in [2.05, 4.69) is 30.2 Å². The first-order valence-corrected chi connectivity index (χ1v) is 9.90. The monoisotopic (exact) mass is 380 g/mol. The second-order valence-corrected chi connectivity index (χ2v) is 7.68. The highest BCUT2D eigenvalue weighted by Gasteiger charge is 2.24. The minimum Gasteiger partial charge on any atom is -0.490 e. The van der Waals surface area contributed by atoms with Gasteiger partial charge in [0.1, 0.15) is 5.75 Å². The van der Waals surface area contributed by atoms with Crippen LogP contribution in [0.4, 0.5) is 5.69 Å².